The van der Waals surface area contributed by atoms with Crippen molar-refractivity contribution in [1.29, 1.82) is 0 Å². The molecule has 0 unspecified atom stereocenters. The number of hydrogen-bond donors (Lipinski definition) is 1. The normalized spacial score (nSPS) is 10.7. The summed E-state index contributed by atoms with van der Waals surface area (Å²) in [6, 6.07) is 5.56. The first-order valence-electron chi connectivity index (χ1n) is 8.39. The van der Waals surface area contributed by atoms with Crippen molar-refractivity contribution in [3.63, 3.8) is 0 Å². The Hall–Kier alpha value is -1.97. The van der Waals surface area contributed by atoms with Gasteiger partial charge in [-0.3, -0.25) is 4.79 Å². The number of amides is 1. The zero-order valence-electron chi connectivity index (χ0n) is 14.6. The summed E-state index contributed by atoms with van der Waals surface area (Å²) in [5.41, 5.74) is 0.900. The monoisotopic (exact) mass is 319 g/mol. The van der Waals surface area contributed by atoms with Crippen molar-refractivity contribution in [3.05, 3.63) is 29.8 Å². The van der Waals surface area contributed by atoms with E-state index in [0.717, 1.165) is 18.5 Å². The summed E-state index contributed by atoms with van der Waals surface area (Å²) in [7, 11) is 3.20. The maximum atomic E-state index is 11.8. The third-order valence-electron chi connectivity index (χ3n) is 3.66. The van der Waals surface area contributed by atoms with Gasteiger partial charge in [0.1, 0.15) is 0 Å². The predicted molar refractivity (Wildman–Crippen MR) is 95.0 cm³/mol. The first kappa shape index (κ1) is 19.1. The summed E-state index contributed by atoms with van der Waals surface area (Å²) in [5, 5.41) is 2.91. The molecule has 1 N–H and O–H groups in total. The number of hydrogen-bond acceptors (Lipinski definition) is 3. The summed E-state index contributed by atoms with van der Waals surface area (Å²) in [4.78, 5) is 11.8. The molecule has 0 fully saturated rings. The molecule has 128 valence electrons. The van der Waals surface area contributed by atoms with E-state index in [2.05, 4.69) is 12.2 Å². The molecule has 0 bridgehead atoms. The molecule has 1 aromatic carbocycles. The molecule has 4 nitrogen and oxygen atoms in total. The van der Waals surface area contributed by atoms with E-state index in [0.29, 0.717) is 11.5 Å². The Kier molecular flexibility index (Phi) is 9.60. The molecule has 1 amide bonds. The van der Waals surface area contributed by atoms with Crippen molar-refractivity contribution < 1.29 is 14.3 Å². The molecule has 1 aromatic rings. The van der Waals surface area contributed by atoms with Crippen LogP contribution in [0, 0.1) is 0 Å². The van der Waals surface area contributed by atoms with Crippen molar-refractivity contribution in [2.24, 2.45) is 0 Å². The Morgan fingerprint density at radius 2 is 1.74 bits per heavy atom. The first-order chi connectivity index (χ1) is 11.2. The highest BCUT2D eigenvalue weighted by Gasteiger charge is 2.03. The molecule has 0 saturated carbocycles. The Morgan fingerprint density at radius 3 is 2.43 bits per heavy atom. The number of rotatable bonds is 11. The maximum absolute atomic E-state index is 11.8. The maximum Gasteiger partial charge on any atom is 0.243 e. The lowest BCUT2D eigenvalue weighted by molar-refractivity contribution is -0.116. The van der Waals surface area contributed by atoms with Crippen molar-refractivity contribution in [3.8, 4) is 11.5 Å². The predicted octanol–water partition coefficient (Wildman–Crippen LogP) is 4.19. The molecular formula is C19H29NO3. The lowest BCUT2D eigenvalue weighted by Gasteiger charge is -2.07. The van der Waals surface area contributed by atoms with E-state index in [9.17, 15) is 4.79 Å². The Bertz CT molecular complexity index is 497. The number of unbranched alkanes of at least 4 members (excludes halogenated alkanes) is 5. The standard InChI is InChI=1S/C19H29NO3/c1-4-5-6-7-8-9-14-20-19(21)13-11-16-10-12-17(22-2)18(15-16)23-3/h10-13,15H,4-9,14H2,1-3H3,(H,20,21)/b13-11-. The highest BCUT2D eigenvalue weighted by Crippen LogP contribution is 2.27. The van der Waals surface area contributed by atoms with Crippen LogP contribution >= 0.6 is 0 Å². The van der Waals surface area contributed by atoms with E-state index in [1.54, 1.807) is 26.4 Å². The van der Waals surface area contributed by atoms with Gasteiger partial charge < -0.3 is 14.8 Å². The van der Waals surface area contributed by atoms with E-state index < -0.39 is 0 Å². The third-order valence-corrected chi connectivity index (χ3v) is 3.66. The lowest BCUT2D eigenvalue weighted by Crippen LogP contribution is -2.21. The fourth-order valence-corrected chi connectivity index (χ4v) is 2.30. The minimum absolute atomic E-state index is 0.0617. The number of ether oxygens (including phenoxy) is 2. The van der Waals surface area contributed by atoms with Gasteiger partial charge in [-0.25, -0.2) is 0 Å². The van der Waals surface area contributed by atoms with Crippen molar-refractivity contribution >= 4 is 12.0 Å². The molecule has 4 heteroatoms. The third kappa shape index (κ3) is 7.73. The largest absolute Gasteiger partial charge is 0.493 e. The second-order valence-corrected chi connectivity index (χ2v) is 5.51. The van der Waals surface area contributed by atoms with Gasteiger partial charge in [0.25, 0.3) is 0 Å². The SMILES string of the molecule is CCCCCCCCNC(=O)/C=C\c1ccc(OC)c(OC)c1. The van der Waals surface area contributed by atoms with Gasteiger partial charge in [-0.1, -0.05) is 45.1 Å². The van der Waals surface area contributed by atoms with Gasteiger partial charge in [-0.2, -0.15) is 0 Å². The van der Waals surface area contributed by atoms with Crippen LogP contribution in [0.1, 0.15) is 51.0 Å². The number of methoxy groups -OCH3 is 2. The fraction of sp³-hybridized carbons (Fsp3) is 0.526. The molecule has 0 aromatic heterocycles. The van der Waals surface area contributed by atoms with Crippen LogP contribution in [0.5, 0.6) is 11.5 Å². The topological polar surface area (TPSA) is 47.6 Å². The van der Waals surface area contributed by atoms with Crippen LogP contribution in [0.2, 0.25) is 0 Å². The average Bonchev–Trinajstić information content (AvgIpc) is 2.58. The first-order valence-corrected chi connectivity index (χ1v) is 8.39. The summed E-state index contributed by atoms with van der Waals surface area (Å²) in [6.07, 6.45) is 10.7. The number of benzene rings is 1. The minimum atomic E-state index is -0.0617. The molecule has 0 aliphatic carbocycles. The van der Waals surface area contributed by atoms with E-state index in [-0.39, 0.29) is 5.91 Å². The Balaban J connectivity index is 2.32. The van der Waals surface area contributed by atoms with Crippen LogP contribution in [0.25, 0.3) is 6.08 Å². The van der Waals surface area contributed by atoms with Crippen LogP contribution < -0.4 is 14.8 Å². The highest BCUT2D eigenvalue weighted by molar-refractivity contribution is 5.91. The lowest BCUT2D eigenvalue weighted by atomic mass is 10.1. The number of nitrogens with one attached hydrogen (secondary N) is 1. The summed E-state index contributed by atoms with van der Waals surface area (Å²) in [5.74, 6) is 1.27. The van der Waals surface area contributed by atoms with Gasteiger partial charge in [0, 0.05) is 12.6 Å². The highest BCUT2D eigenvalue weighted by atomic mass is 16.5. The molecular weight excluding hydrogens is 290 g/mol. The molecule has 0 spiro atoms. The van der Waals surface area contributed by atoms with Crippen LogP contribution in [-0.2, 0) is 4.79 Å². The average molecular weight is 319 g/mol. The smallest absolute Gasteiger partial charge is 0.243 e. The van der Waals surface area contributed by atoms with Gasteiger partial charge in [0.2, 0.25) is 5.91 Å². The second kappa shape index (κ2) is 11.6. The summed E-state index contributed by atoms with van der Waals surface area (Å²) < 4.78 is 10.4. The Morgan fingerprint density at radius 1 is 1.04 bits per heavy atom. The zero-order chi connectivity index (χ0) is 16.9. The summed E-state index contributed by atoms with van der Waals surface area (Å²) in [6.45, 7) is 2.95. The van der Waals surface area contributed by atoms with Crippen LogP contribution in [0.4, 0.5) is 0 Å². The minimum Gasteiger partial charge on any atom is -0.493 e. The molecule has 0 saturated heterocycles. The molecule has 0 atom stereocenters. The molecule has 0 radical (unpaired) electrons. The molecule has 23 heavy (non-hydrogen) atoms. The quantitative estimate of drug-likeness (QED) is 0.491. The van der Waals surface area contributed by atoms with Crippen LogP contribution in [0.3, 0.4) is 0 Å². The van der Waals surface area contributed by atoms with Gasteiger partial charge in [0.15, 0.2) is 11.5 Å². The molecule has 0 aliphatic heterocycles. The fourth-order valence-electron chi connectivity index (χ4n) is 2.30. The van der Waals surface area contributed by atoms with Crippen molar-refractivity contribution in [2.75, 3.05) is 20.8 Å². The van der Waals surface area contributed by atoms with E-state index >= 15 is 0 Å². The van der Waals surface area contributed by atoms with Gasteiger partial charge in [0.05, 0.1) is 14.2 Å². The number of carbonyl (C=O) groups excluding carboxylic acids is 1. The van der Waals surface area contributed by atoms with Gasteiger partial charge >= 0.3 is 0 Å². The van der Waals surface area contributed by atoms with Gasteiger partial charge in [-0.05, 0) is 30.2 Å². The molecule has 1 rings (SSSR count). The van der Waals surface area contributed by atoms with Crippen molar-refractivity contribution in [2.45, 2.75) is 45.4 Å². The molecule has 0 aliphatic rings. The van der Waals surface area contributed by atoms with Crippen molar-refractivity contribution in [1.82, 2.24) is 5.32 Å². The second-order valence-electron chi connectivity index (χ2n) is 5.51. The zero-order valence-corrected chi connectivity index (χ0v) is 14.6. The Labute approximate surface area is 139 Å². The van der Waals surface area contributed by atoms with E-state index in [1.807, 2.05) is 18.2 Å². The molecule has 0 heterocycles. The van der Waals surface area contributed by atoms with Crippen LogP contribution in [0.15, 0.2) is 24.3 Å². The number of carbonyl (C=O) groups is 1. The van der Waals surface area contributed by atoms with E-state index in [4.69, 9.17) is 9.47 Å². The van der Waals surface area contributed by atoms with Crippen LogP contribution in [-0.4, -0.2) is 26.7 Å². The summed E-state index contributed by atoms with van der Waals surface area (Å²) >= 11 is 0. The van der Waals surface area contributed by atoms with Gasteiger partial charge in [-0.15, -0.1) is 0 Å². The van der Waals surface area contributed by atoms with E-state index in [1.165, 1.54) is 32.1 Å².